The van der Waals surface area contributed by atoms with Crippen LogP contribution < -0.4 is 0 Å². The minimum Gasteiger partial charge on any atom is -0.516 e. The Morgan fingerprint density at radius 2 is 1.91 bits per heavy atom. The lowest BCUT2D eigenvalue weighted by Gasteiger charge is -2.02. The van der Waals surface area contributed by atoms with Crippen LogP contribution in [0.25, 0.3) is 0 Å². The number of hydrogen-bond donors (Lipinski definition) is 1. The third kappa shape index (κ3) is 9.54. The highest BCUT2D eigenvalue weighted by molar-refractivity contribution is 4.70. The first-order valence-electron chi connectivity index (χ1n) is 4.56. The predicted molar refractivity (Wildman–Crippen MR) is 49.7 cm³/mol. The SMILES string of the molecule is CC(C)CCCCC/C=C/O. The van der Waals surface area contributed by atoms with Crippen molar-refractivity contribution < 1.29 is 5.11 Å². The second-order valence-corrected chi connectivity index (χ2v) is 3.42. The maximum absolute atomic E-state index is 8.33. The highest BCUT2D eigenvalue weighted by Gasteiger charge is 1.92. The van der Waals surface area contributed by atoms with E-state index in [1.54, 1.807) is 0 Å². The zero-order chi connectivity index (χ0) is 8.53. The predicted octanol–water partition coefficient (Wildman–Crippen LogP) is 3.66. The fraction of sp³-hybridized carbons (Fsp3) is 0.800. The molecule has 0 heterocycles. The molecule has 0 aromatic rings. The van der Waals surface area contributed by atoms with Gasteiger partial charge < -0.3 is 5.11 Å². The summed E-state index contributed by atoms with van der Waals surface area (Å²) in [6.45, 7) is 4.52. The van der Waals surface area contributed by atoms with Crippen LogP contribution in [0.4, 0.5) is 0 Å². The van der Waals surface area contributed by atoms with Crippen LogP contribution in [-0.4, -0.2) is 5.11 Å². The van der Waals surface area contributed by atoms with Crippen LogP contribution in [0.5, 0.6) is 0 Å². The van der Waals surface area contributed by atoms with E-state index in [4.69, 9.17) is 5.11 Å². The summed E-state index contributed by atoms with van der Waals surface area (Å²) < 4.78 is 0. The normalized spacial score (nSPS) is 11.5. The minimum atomic E-state index is 0.836. The largest absolute Gasteiger partial charge is 0.516 e. The van der Waals surface area contributed by atoms with Gasteiger partial charge in [-0.05, 0) is 18.8 Å². The minimum absolute atomic E-state index is 0.836. The van der Waals surface area contributed by atoms with E-state index >= 15 is 0 Å². The first kappa shape index (κ1) is 10.5. The number of aliphatic hydroxyl groups excluding tert-OH is 1. The third-order valence-electron chi connectivity index (χ3n) is 1.76. The number of rotatable bonds is 6. The molecular weight excluding hydrogens is 136 g/mol. The molecular formula is C10H20O. The summed E-state index contributed by atoms with van der Waals surface area (Å²) in [6.07, 6.45) is 9.15. The molecule has 0 aromatic carbocycles. The second kappa shape index (κ2) is 7.64. The van der Waals surface area contributed by atoms with Gasteiger partial charge in [0.2, 0.25) is 0 Å². The van der Waals surface area contributed by atoms with E-state index in [0.29, 0.717) is 0 Å². The van der Waals surface area contributed by atoms with Gasteiger partial charge in [-0.25, -0.2) is 0 Å². The first-order chi connectivity index (χ1) is 5.27. The summed E-state index contributed by atoms with van der Waals surface area (Å²) >= 11 is 0. The van der Waals surface area contributed by atoms with Gasteiger partial charge in [0.15, 0.2) is 0 Å². The Morgan fingerprint density at radius 1 is 1.18 bits per heavy atom. The van der Waals surface area contributed by atoms with Crippen molar-refractivity contribution in [2.45, 2.75) is 46.0 Å². The lowest BCUT2D eigenvalue weighted by atomic mass is 10.0. The van der Waals surface area contributed by atoms with Gasteiger partial charge in [-0.15, -0.1) is 0 Å². The Kier molecular flexibility index (Phi) is 7.33. The molecule has 0 aliphatic rings. The fourth-order valence-electron chi connectivity index (χ4n) is 1.07. The second-order valence-electron chi connectivity index (χ2n) is 3.42. The molecule has 0 spiro atoms. The molecule has 0 bridgehead atoms. The van der Waals surface area contributed by atoms with E-state index in [2.05, 4.69) is 13.8 Å². The molecule has 0 saturated carbocycles. The molecule has 0 rings (SSSR count). The summed E-state index contributed by atoms with van der Waals surface area (Å²) in [5.41, 5.74) is 0. The van der Waals surface area contributed by atoms with Crippen molar-refractivity contribution in [3.8, 4) is 0 Å². The smallest absolute Gasteiger partial charge is 0.0751 e. The molecule has 1 nitrogen and oxygen atoms in total. The monoisotopic (exact) mass is 156 g/mol. The highest BCUT2D eigenvalue weighted by Crippen LogP contribution is 2.09. The average Bonchev–Trinajstić information content (AvgIpc) is 1.96. The number of allylic oxidation sites excluding steroid dienone is 1. The Balaban J connectivity index is 2.91. The van der Waals surface area contributed by atoms with Gasteiger partial charge in [0.25, 0.3) is 0 Å². The summed E-state index contributed by atoms with van der Waals surface area (Å²) in [6, 6.07) is 0. The maximum Gasteiger partial charge on any atom is 0.0751 e. The molecule has 0 atom stereocenters. The van der Waals surface area contributed by atoms with Crippen molar-refractivity contribution in [3.63, 3.8) is 0 Å². The van der Waals surface area contributed by atoms with Gasteiger partial charge in [-0.1, -0.05) is 39.2 Å². The fourth-order valence-corrected chi connectivity index (χ4v) is 1.07. The maximum atomic E-state index is 8.33. The van der Waals surface area contributed by atoms with Crippen LogP contribution in [0.1, 0.15) is 46.0 Å². The van der Waals surface area contributed by atoms with Crippen LogP contribution in [-0.2, 0) is 0 Å². The number of aliphatic hydroxyl groups is 1. The Morgan fingerprint density at radius 3 is 2.45 bits per heavy atom. The Hall–Kier alpha value is -0.460. The van der Waals surface area contributed by atoms with E-state index in [9.17, 15) is 0 Å². The van der Waals surface area contributed by atoms with Gasteiger partial charge in [0.05, 0.1) is 6.26 Å². The first-order valence-corrected chi connectivity index (χ1v) is 4.56. The Bertz CT molecular complexity index is 95.0. The van der Waals surface area contributed by atoms with E-state index in [0.717, 1.165) is 18.6 Å². The average molecular weight is 156 g/mol. The zero-order valence-electron chi connectivity index (χ0n) is 7.71. The molecule has 0 radical (unpaired) electrons. The standard InChI is InChI=1S/C10H20O/c1-10(2)8-6-4-3-5-7-9-11/h7,9-11H,3-6,8H2,1-2H3/b9-7+. The van der Waals surface area contributed by atoms with Crippen LogP contribution in [0.2, 0.25) is 0 Å². The molecule has 0 aliphatic carbocycles. The van der Waals surface area contributed by atoms with E-state index < -0.39 is 0 Å². The van der Waals surface area contributed by atoms with Crippen molar-refractivity contribution in [3.05, 3.63) is 12.3 Å². The van der Waals surface area contributed by atoms with Crippen molar-refractivity contribution in [2.75, 3.05) is 0 Å². The number of hydrogen-bond acceptors (Lipinski definition) is 1. The van der Waals surface area contributed by atoms with Crippen molar-refractivity contribution >= 4 is 0 Å². The zero-order valence-corrected chi connectivity index (χ0v) is 7.71. The molecule has 0 saturated heterocycles. The molecule has 1 N–H and O–H groups in total. The molecule has 0 aromatic heterocycles. The molecule has 66 valence electrons. The van der Waals surface area contributed by atoms with Crippen molar-refractivity contribution in [2.24, 2.45) is 5.92 Å². The van der Waals surface area contributed by atoms with Crippen LogP contribution >= 0.6 is 0 Å². The third-order valence-corrected chi connectivity index (χ3v) is 1.76. The van der Waals surface area contributed by atoms with E-state index in [1.807, 2.05) is 6.08 Å². The van der Waals surface area contributed by atoms with E-state index in [-0.39, 0.29) is 0 Å². The summed E-state index contributed by atoms with van der Waals surface area (Å²) in [7, 11) is 0. The molecule has 1 heteroatoms. The summed E-state index contributed by atoms with van der Waals surface area (Å²) in [5, 5.41) is 8.33. The lowest BCUT2D eigenvalue weighted by Crippen LogP contribution is -1.86. The molecule has 0 aliphatic heterocycles. The summed E-state index contributed by atoms with van der Waals surface area (Å²) in [4.78, 5) is 0. The Labute approximate surface area is 70.1 Å². The quantitative estimate of drug-likeness (QED) is 0.459. The number of unbranched alkanes of at least 4 members (excludes halogenated alkanes) is 3. The molecule has 11 heavy (non-hydrogen) atoms. The van der Waals surface area contributed by atoms with Gasteiger partial charge in [0.1, 0.15) is 0 Å². The molecule has 0 unspecified atom stereocenters. The highest BCUT2D eigenvalue weighted by atomic mass is 16.2. The van der Waals surface area contributed by atoms with Gasteiger partial charge in [-0.3, -0.25) is 0 Å². The molecule has 0 fully saturated rings. The van der Waals surface area contributed by atoms with Crippen LogP contribution in [0.3, 0.4) is 0 Å². The van der Waals surface area contributed by atoms with Crippen molar-refractivity contribution in [1.29, 1.82) is 0 Å². The summed E-state index contributed by atoms with van der Waals surface area (Å²) in [5.74, 6) is 0.836. The van der Waals surface area contributed by atoms with Crippen molar-refractivity contribution in [1.82, 2.24) is 0 Å². The van der Waals surface area contributed by atoms with Crippen LogP contribution in [0, 0.1) is 5.92 Å². The van der Waals surface area contributed by atoms with Gasteiger partial charge in [0, 0.05) is 0 Å². The van der Waals surface area contributed by atoms with Gasteiger partial charge in [-0.2, -0.15) is 0 Å². The van der Waals surface area contributed by atoms with Crippen LogP contribution in [0.15, 0.2) is 12.3 Å². The van der Waals surface area contributed by atoms with Gasteiger partial charge >= 0.3 is 0 Å². The van der Waals surface area contributed by atoms with E-state index in [1.165, 1.54) is 25.7 Å². The molecule has 0 amide bonds. The lowest BCUT2D eigenvalue weighted by molar-refractivity contribution is 0.469. The topological polar surface area (TPSA) is 20.2 Å².